The van der Waals surface area contributed by atoms with Crippen LogP contribution in [0, 0.1) is 16.7 Å². The normalized spacial score (nSPS) is 29.9. The van der Waals surface area contributed by atoms with E-state index in [9.17, 15) is 13.2 Å². The molecule has 2 saturated carbocycles. The third-order valence-electron chi connectivity index (χ3n) is 5.77. The SMILES string of the molecule is CC1(C)[C@H]2CC[C@]1(CS(=O)(=O)NCc1ccccn1)C(=O)C2. The molecular weight excluding hydrogens is 300 g/mol. The summed E-state index contributed by atoms with van der Waals surface area (Å²) >= 11 is 0. The minimum absolute atomic E-state index is 0.102. The van der Waals surface area contributed by atoms with Crippen molar-refractivity contribution in [2.75, 3.05) is 5.75 Å². The van der Waals surface area contributed by atoms with E-state index in [-0.39, 0.29) is 23.5 Å². The largest absolute Gasteiger partial charge is 0.299 e. The van der Waals surface area contributed by atoms with Gasteiger partial charge in [-0.15, -0.1) is 0 Å². The van der Waals surface area contributed by atoms with E-state index in [4.69, 9.17) is 0 Å². The third-order valence-corrected chi connectivity index (χ3v) is 7.23. The smallest absolute Gasteiger partial charge is 0.212 e. The maximum atomic E-state index is 12.5. The summed E-state index contributed by atoms with van der Waals surface area (Å²) in [6.07, 6.45) is 3.80. The maximum absolute atomic E-state index is 12.5. The molecule has 2 fully saturated rings. The molecule has 5 nitrogen and oxygen atoms in total. The first-order chi connectivity index (χ1) is 10.3. The Morgan fingerprint density at radius 1 is 1.36 bits per heavy atom. The van der Waals surface area contributed by atoms with Crippen molar-refractivity contribution in [3.63, 3.8) is 0 Å². The summed E-state index contributed by atoms with van der Waals surface area (Å²) in [4.78, 5) is 16.5. The fourth-order valence-electron chi connectivity index (χ4n) is 4.17. The predicted molar refractivity (Wildman–Crippen MR) is 83.4 cm³/mol. The summed E-state index contributed by atoms with van der Waals surface area (Å²) < 4.78 is 27.6. The van der Waals surface area contributed by atoms with E-state index in [2.05, 4.69) is 9.71 Å². The van der Waals surface area contributed by atoms with E-state index in [1.165, 1.54) is 0 Å². The highest BCUT2D eigenvalue weighted by molar-refractivity contribution is 7.89. The number of ketones is 1. The molecule has 22 heavy (non-hydrogen) atoms. The van der Waals surface area contributed by atoms with Crippen LogP contribution in [-0.2, 0) is 21.4 Å². The van der Waals surface area contributed by atoms with Gasteiger partial charge in [-0.05, 0) is 36.3 Å². The van der Waals surface area contributed by atoms with Crippen molar-refractivity contribution < 1.29 is 13.2 Å². The third kappa shape index (κ3) is 2.38. The van der Waals surface area contributed by atoms with Crippen molar-refractivity contribution >= 4 is 15.8 Å². The van der Waals surface area contributed by atoms with E-state index in [0.717, 1.165) is 6.42 Å². The van der Waals surface area contributed by atoms with Gasteiger partial charge in [-0.3, -0.25) is 9.78 Å². The van der Waals surface area contributed by atoms with Crippen molar-refractivity contribution in [1.82, 2.24) is 9.71 Å². The second-order valence-electron chi connectivity index (χ2n) is 7.07. The van der Waals surface area contributed by atoms with E-state index in [1.807, 2.05) is 19.9 Å². The number of nitrogens with one attached hydrogen (secondary N) is 1. The van der Waals surface area contributed by atoms with E-state index in [1.54, 1.807) is 18.3 Å². The lowest BCUT2D eigenvalue weighted by Crippen LogP contribution is -2.45. The van der Waals surface area contributed by atoms with Crippen LogP contribution in [-0.4, -0.2) is 24.9 Å². The first-order valence-corrected chi connectivity index (χ1v) is 9.33. The molecule has 2 aliphatic rings. The average molecular weight is 322 g/mol. The fourth-order valence-corrected chi connectivity index (χ4v) is 5.97. The number of rotatable bonds is 5. The molecule has 0 radical (unpaired) electrons. The summed E-state index contributed by atoms with van der Waals surface area (Å²) in [6, 6.07) is 5.38. The molecule has 0 aliphatic heterocycles. The molecule has 2 aliphatic carbocycles. The summed E-state index contributed by atoms with van der Waals surface area (Å²) in [7, 11) is -3.52. The van der Waals surface area contributed by atoms with Crippen molar-refractivity contribution in [3.05, 3.63) is 30.1 Å². The van der Waals surface area contributed by atoms with Gasteiger partial charge >= 0.3 is 0 Å². The number of hydrogen-bond donors (Lipinski definition) is 1. The van der Waals surface area contributed by atoms with Crippen LogP contribution in [0.1, 0.15) is 38.8 Å². The second-order valence-corrected chi connectivity index (χ2v) is 8.87. The molecule has 2 atom stereocenters. The van der Waals surface area contributed by atoms with Gasteiger partial charge in [0.25, 0.3) is 0 Å². The highest BCUT2D eigenvalue weighted by Crippen LogP contribution is 2.64. The Hall–Kier alpha value is -1.27. The number of carbonyl (C=O) groups is 1. The van der Waals surface area contributed by atoms with Crippen LogP contribution in [0.25, 0.3) is 0 Å². The van der Waals surface area contributed by atoms with Crippen molar-refractivity contribution in [2.24, 2.45) is 16.7 Å². The highest BCUT2D eigenvalue weighted by atomic mass is 32.2. The van der Waals surface area contributed by atoms with Gasteiger partial charge in [0.15, 0.2) is 0 Å². The van der Waals surface area contributed by atoms with Gasteiger partial charge in [0.2, 0.25) is 10.0 Å². The van der Waals surface area contributed by atoms with Gasteiger partial charge < -0.3 is 0 Å². The predicted octanol–water partition coefficient (Wildman–Crippen LogP) is 1.90. The number of hydrogen-bond acceptors (Lipinski definition) is 4. The molecule has 0 aromatic carbocycles. The fraction of sp³-hybridized carbons (Fsp3) is 0.625. The molecule has 0 unspecified atom stereocenters. The molecule has 1 aromatic heterocycles. The lowest BCUT2D eigenvalue weighted by atomic mass is 9.70. The van der Waals surface area contributed by atoms with Gasteiger partial charge in [0.05, 0.1) is 18.0 Å². The molecule has 2 bridgehead atoms. The molecule has 1 aromatic rings. The molecule has 0 spiro atoms. The standard InChI is InChI=1S/C16H22N2O3S/c1-15(2)12-6-7-16(15,14(19)9-12)11-22(20,21)18-10-13-5-3-4-8-17-13/h3-5,8,12,18H,6-7,9-11H2,1-2H3/t12-,16-/m0/s1. The first kappa shape index (κ1) is 15.6. The summed E-state index contributed by atoms with van der Waals surface area (Å²) in [5.41, 5.74) is -0.276. The summed E-state index contributed by atoms with van der Waals surface area (Å²) in [5, 5.41) is 0. The maximum Gasteiger partial charge on any atom is 0.212 e. The van der Waals surface area contributed by atoms with E-state index >= 15 is 0 Å². The Kier molecular flexibility index (Phi) is 3.64. The van der Waals surface area contributed by atoms with Crippen LogP contribution >= 0.6 is 0 Å². The molecule has 1 N–H and O–H groups in total. The van der Waals surface area contributed by atoms with Gasteiger partial charge in [-0.25, -0.2) is 13.1 Å². The summed E-state index contributed by atoms with van der Waals surface area (Å²) in [6.45, 7) is 4.25. The van der Waals surface area contributed by atoms with Crippen molar-refractivity contribution in [1.29, 1.82) is 0 Å². The van der Waals surface area contributed by atoms with Crippen LogP contribution in [0.15, 0.2) is 24.4 Å². The first-order valence-electron chi connectivity index (χ1n) is 7.67. The van der Waals surface area contributed by atoms with Crippen LogP contribution in [0.4, 0.5) is 0 Å². The van der Waals surface area contributed by atoms with Crippen LogP contribution in [0.2, 0.25) is 0 Å². The monoisotopic (exact) mass is 322 g/mol. The minimum Gasteiger partial charge on any atom is -0.299 e. The van der Waals surface area contributed by atoms with Crippen molar-refractivity contribution in [3.8, 4) is 0 Å². The molecule has 0 saturated heterocycles. The number of pyridine rings is 1. The Morgan fingerprint density at radius 2 is 2.14 bits per heavy atom. The number of Topliss-reactive ketones (excluding diaryl/α,β-unsaturated/α-hetero) is 1. The average Bonchev–Trinajstić information content (AvgIpc) is 2.80. The molecular formula is C16H22N2O3S. The zero-order chi connectivity index (χ0) is 16.0. The molecule has 0 amide bonds. The van der Waals surface area contributed by atoms with E-state index in [0.29, 0.717) is 24.5 Å². The number of nitrogens with zero attached hydrogens (tertiary/aromatic N) is 1. The quantitative estimate of drug-likeness (QED) is 0.898. The zero-order valence-electron chi connectivity index (χ0n) is 13.0. The molecule has 120 valence electrons. The topological polar surface area (TPSA) is 76.1 Å². The van der Waals surface area contributed by atoms with Gasteiger partial charge in [-0.2, -0.15) is 0 Å². The number of fused-ring (bicyclic) bond motifs is 2. The van der Waals surface area contributed by atoms with Crippen LogP contribution in [0.5, 0.6) is 0 Å². The van der Waals surface area contributed by atoms with Crippen LogP contribution in [0.3, 0.4) is 0 Å². The number of aromatic nitrogens is 1. The molecule has 1 heterocycles. The van der Waals surface area contributed by atoms with Gasteiger partial charge in [0.1, 0.15) is 5.78 Å². The Labute approximate surface area is 131 Å². The lowest BCUT2D eigenvalue weighted by molar-refractivity contribution is -0.128. The Bertz CT molecular complexity index is 685. The van der Waals surface area contributed by atoms with Crippen molar-refractivity contribution in [2.45, 2.75) is 39.7 Å². The van der Waals surface area contributed by atoms with Crippen LogP contribution < -0.4 is 4.72 Å². The minimum atomic E-state index is -3.52. The van der Waals surface area contributed by atoms with E-state index < -0.39 is 15.4 Å². The Balaban J connectivity index is 1.75. The van der Waals surface area contributed by atoms with Gasteiger partial charge in [-0.1, -0.05) is 19.9 Å². The number of sulfonamides is 1. The second kappa shape index (κ2) is 5.13. The number of carbonyl (C=O) groups excluding carboxylic acids is 1. The molecule has 6 heteroatoms. The van der Waals surface area contributed by atoms with Gasteiger partial charge in [0, 0.05) is 18.0 Å². The Morgan fingerprint density at radius 3 is 2.68 bits per heavy atom. The molecule has 3 rings (SSSR count). The zero-order valence-corrected chi connectivity index (χ0v) is 13.8. The summed E-state index contributed by atoms with van der Waals surface area (Å²) in [5.74, 6) is 0.345. The highest BCUT2D eigenvalue weighted by Gasteiger charge is 2.65. The lowest BCUT2D eigenvalue weighted by Gasteiger charge is -2.36.